The molecule has 0 bridgehead atoms. The van der Waals surface area contributed by atoms with Crippen LogP contribution in [0.1, 0.15) is 24.0 Å². The Hall–Kier alpha value is -3.76. The average molecular weight is 557 g/mol. The number of hydrogen-bond acceptors (Lipinski definition) is 6. The van der Waals surface area contributed by atoms with Gasteiger partial charge < -0.3 is 28.2 Å². The lowest BCUT2D eigenvalue weighted by Gasteiger charge is -2.30. The van der Waals surface area contributed by atoms with Crippen molar-refractivity contribution in [1.29, 1.82) is 0 Å². The van der Waals surface area contributed by atoms with E-state index in [-0.39, 0.29) is 37.5 Å². The monoisotopic (exact) mass is 556 g/mol. The van der Waals surface area contributed by atoms with Crippen molar-refractivity contribution in [3.8, 4) is 11.5 Å². The van der Waals surface area contributed by atoms with Gasteiger partial charge in [0, 0.05) is 52.2 Å². The zero-order chi connectivity index (χ0) is 30.1. The highest BCUT2D eigenvalue weighted by Crippen LogP contribution is 2.24. The predicted octanol–water partition coefficient (Wildman–Crippen LogP) is 3.58. The standard InChI is InChI=1S/C30H44N4O6/c1-31(2)29(37)39-27-15-11-9-13-23(27)19-33(5,6)21-25(35)17-18-26(36)22-34(7,8)20-24-14-10-12-16-28(24)40-30(38)32(3)4/h9-16H,17-22H2,1-8H3/q+2. The van der Waals surface area contributed by atoms with Gasteiger partial charge in [-0.25, -0.2) is 9.59 Å². The van der Waals surface area contributed by atoms with Gasteiger partial charge in [0.05, 0.1) is 28.2 Å². The number of rotatable bonds is 13. The number of ketones is 2. The highest BCUT2D eigenvalue weighted by atomic mass is 16.6. The summed E-state index contributed by atoms with van der Waals surface area (Å²) in [6, 6.07) is 14.6. The van der Waals surface area contributed by atoms with E-state index in [4.69, 9.17) is 9.47 Å². The number of para-hydroxylation sites is 2. The van der Waals surface area contributed by atoms with Crippen LogP contribution in [0.4, 0.5) is 9.59 Å². The normalized spacial score (nSPS) is 11.5. The molecular weight excluding hydrogens is 512 g/mol. The molecule has 2 rings (SSSR count). The van der Waals surface area contributed by atoms with Gasteiger partial charge in [0.15, 0.2) is 11.6 Å². The summed E-state index contributed by atoms with van der Waals surface area (Å²) in [7, 11) is 14.2. The Bertz CT molecular complexity index is 1110. The number of hydrogen-bond donors (Lipinski definition) is 0. The van der Waals surface area contributed by atoms with Crippen molar-refractivity contribution in [3.63, 3.8) is 0 Å². The maximum atomic E-state index is 12.8. The minimum absolute atomic E-state index is 0.00707. The van der Waals surface area contributed by atoms with E-state index in [1.165, 1.54) is 9.80 Å². The van der Waals surface area contributed by atoms with Crippen molar-refractivity contribution in [2.75, 3.05) is 69.5 Å². The average Bonchev–Trinajstić information content (AvgIpc) is 2.84. The first-order valence-corrected chi connectivity index (χ1v) is 13.2. The Morgan fingerprint density at radius 3 is 1.25 bits per heavy atom. The van der Waals surface area contributed by atoms with Crippen molar-refractivity contribution < 1.29 is 37.6 Å². The van der Waals surface area contributed by atoms with Crippen LogP contribution in [-0.2, 0) is 22.7 Å². The first-order valence-electron chi connectivity index (χ1n) is 13.2. The molecule has 0 saturated heterocycles. The van der Waals surface area contributed by atoms with Crippen LogP contribution >= 0.6 is 0 Å². The van der Waals surface area contributed by atoms with Crippen LogP contribution in [0.25, 0.3) is 0 Å². The molecule has 0 heterocycles. The molecule has 218 valence electrons. The first kappa shape index (κ1) is 32.5. The van der Waals surface area contributed by atoms with Crippen molar-refractivity contribution in [1.82, 2.24) is 9.80 Å². The summed E-state index contributed by atoms with van der Waals surface area (Å²) in [4.78, 5) is 52.5. The van der Waals surface area contributed by atoms with E-state index in [0.29, 0.717) is 33.6 Å². The summed E-state index contributed by atoms with van der Waals surface area (Å²) < 4.78 is 11.7. The summed E-state index contributed by atoms with van der Waals surface area (Å²) >= 11 is 0. The van der Waals surface area contributed by atoms with Gasteiger partial charge in [-0.2, -0.15) is 0 Å². The lowest BCUT2D eigenvalue weighted by molar-refractivity contribution is -0.896. The molecule has 2 amide bonds. The fourth-order valence-electron chi connectivity index (χ4n) is 4.26. The molecule has 0 aliphatic rings. The zero-order valence-electron chi connectivity index (χ0n) is 25.1. The topological polar surface area (TPSA) is 93.2 Å². The molecule has 0 atom stereocenters. The van der Waals surface area contributed by atoms with Crippen molar-refractivity contribution >= 4 is 23.8 Å². The molecule has 2 aromatic carbocycles. The van der Waals surface area contributed by atoms with E-state index in [0.717, 1.165) is 11.1 Å². The molecule has 0 aliphatic heterocycles. The second kappa shape index (κ2) is 14.0. The van der Waals surface area contributed by atoms with Gasteiger partial charge in [-0.1, -0.05) is 24.3 Å². The smallest absolute Gasteiger partial charge is 0.410 e. The van der Waals surface area contributed by atoms with Crippen LogP contribution in [0.2, 0.25) is 0 Å². The van der Waals surface area contributed by atoms with E-state index in [9.17, 15) is 19.2 Å². The third-order valence-electron chi connectivity index (χ3n) is 6.16. The summed E-state index contributed by atoms with van der Waals surface area (Å²) in [5.74, 6) is 0.917. The van der Waals surface area contributed by atoms with Crippen LogP contribution < -0.4 is 9.47 Å². The number of nitrogens with zero attached hydrogens (tertiary/aromatic N) is 4. The molecule has 0 fully saturated rings. The molecule has 0 saturated carbocycles. The van der Waals surface area contributed by atoms with Crippen LogP contribution in [-0.4, -0.2) is 112 Å². The molecule has 10 heteroatoms. The summed E-state index contributed by atoms with van der Waals surface area (Å²) in [6.45, 7) is 1.45. The number of ether oxygens (including phenoxy) is 2. The first-order chi connectivity index (χ1) is 18.6. The SMILES string of the molecule is CN(C)C(=O)Oc1ccccc1C[N+](C)(C)CC(=O)CCC(=O)C[N+](C)(C)Cc1ccccc1OC(=O)N(C)C. The molecule has 0 N–H and O–H groups in total. The van der Waals surface area contributed by atoms with Gasteiger partial charge in [-0.15, -0.1) is 0 Å². The van der Waals surface area contributed by atoms with Gasteiger partial charge >= 0.3 is 12.2 Å². The van der Waals surface area contributed by atoms with E-state index < -0.39 is 12.2 Å². The number of carbonyl (C=O) groups excluding carboxylic acids is 4. The number of benzene rings is 2. The van der Waals surface area contributed by atoms with Crippen molar-refractivity contribution in [2.24, 2.45) is 0 Å². The number of amides is 2. The maximum Gasteiger partial charge on any atom is 0.414 e. The van der Waals surface area contributed by atoms with Crippen LogP contribution in [0, 0.1) is 0 Å². The fraction of sp³-hybridized carbons (Fsp3) is 0.467. The second-order valence-corrected chi connectivity index (χ2v) is 11.8. The highest BCUT2D eigenvalue weighted by Gasteiger charge is 2.26. The Kier molecular flexibility index (Phi) is 11.4. The van der Waals surface area contributed by atoms with Crippen LogP contribution in [0.5, 0.6) is 11.5 Å². The van der Waals surface area contributed by atoms with Gasteiger partial charge in [0.1, 0.15) is 37.7 Å². The summed E-state index contributed by atoms with van der Waals surface area (Å²) in [5.41, 5.74) is 1.64. The Labute approximate surface area is 237 Å². The van der Waals surface area contributed by atoms with Gasteiger partial charge in [-0.05, 0) is 24.3 Å². The number of Topliss-reactive ketones (excluding diaryl/α,β-unsaturated/α-hetero) is 2. The van der Waals surface area contributed by atoms with Crippen molar-refractivity contribution in [3.05, 3.63) is 59.7 Å². The van der Waals surface area contributed by atoms with Crippen LogP contribution in [0.3, 0.4) is 0 Å². The quantitative estimate of drug-likeness (QED) is 0.350. The Morgan fingerprint density at radius 1 is 0.600 bits per heavy atom. The van der Waals surface area contributed by atoms with Gasteiger partial charge in [0.25, 0.3) is 0 Å². The fourth-order valence-corrected chi connectivity index (χ4v) is 4.26. The number of carbonyl (C=O) groups is 4. The number of likely N-dealkylation sites (N-methyl/N-ethyl adjacent to an activating group) is 2. The molecular formula is C30H44N4O6+2. The molecule has 0 radical (unpaired) electrons. The van der Waals surface area contributed by atoms with Crippen LogP contribution in [0.15, 0.2) is 48.5 Å². The highest BCUT2D eigenvalue weighted by molar-refractivity contribution is 5.87. The molecule has 0 aliphatic carbocycles. The van der Waals surface area contributed by atoms with Crippen molar-refractivity contribution in [2.45, 2.75) is 25.9 Å². The third kappa shape index (κ3) is 10.8. The molecule has 0 unspecified atom stereocenters. The maximum absolute atomic E-state index is 12.8. The molecule has 0 spiro atoms. The lowest BCUT2D eigenvalue weighted by Crippen LogP contribution is -2.44. The minimum Gasteiger partial charge on any atom is -0.410 e. The third-order valence-corrected chi connectivity index (χ3v) is 6.16. The summed E-state index contributed by atoms with van der Waals surface area (Å²) in [6.07, 6.45) is -0.609. The lowest BCUT2D eigenvalue weighted by atomic mass is 10.1. The van der Waals surface area contributed by atoms with Gasteiger partial charge in [0.2, 0.25) is 0 Å². The second-order valence-electron chi connectivity index (χ2n) is 11.8. The van der Waals surface area contributed by atoms with E-state index in [2.05, 4.69) is 0 Å². The predicted molar refractivity (Wildman–Crippen MR) is 153 cm³/mol. The molecule has 0 aromatic heterocycles. The van der Waals surface area contributed by atoms with E-state index >= 15 is 0 Å². The molecule has 40 heavy (non-hydrogen) atoms. The minimum atomic E-state index is -0.466. The molecule has 2 aromatic rings. The van der Waals surface area contributed by atoms with Gasteiger partial charge in [-0.3, -0.25) is 9.59 Å². The number of quaternary nitrogens is 2. The Balaban J connectivity index is 1.92. The largest absolute Gasteiger partial charge is 0.414 e. The summed E-state index contributed by atoms with van der Waals surface area (Å²) in [5, 5.41) is 0. The Morgan fingerprint density at radius 2 is 0.925 bits per heavy atom. The van der Waals surface area contributed by atoms with E-state index in [1.54, 1.807) is 52.5 Å². The zero-order valence-corrected chi connectivity index (χ0v) is 25.1. The molecule has 10 nitrogen and oxygen atoms in total. The van der Waals surface area contributed by atoms with E-state index in [1.807, 2.05) is 52.5 Å².